The van der Waals surface area contributed by atoms with Crippen LogP contribution in [0.2, 0.25) is 0 Å². The third-order valence-corrected chi connectivity index (χ3v) is 3.79. The Bertz CT molecular complexity index is 855. The van der Waals surface area contributed by atoms with Crippen molar-refractivity contribution in [2.45, 2.75) is 26.9 Å². The highest BCUT2D eigenvalue weighted by molar-refractivity contribution is 5.99. The van der Waals surface area contributed by atoms with Gasteiger partial charge in [0.25, 0.3) is 5.91 Å². The Morgan fingerprint density at radius 1 is 1.08 bits per heavy atom. The van der Waals surface area contributed by atoms with Crippen molar-refractivity contribution >= 4 is 29.4 Å². The molecule has 2 aromatic rings. The highest BCUT2D eigenvalue weighted by Crippen LogP contribution is 2.12. The summed E-state index contributed by atoms with van der Waals surface area (Å²) >= 11 is 0. The Labute approximate surface area is 152 Å². The summed E-state index contributed by atoms with van der Waals surface area (Å²) in [5.74, 6) is -1.17. The maximum absolute atomic E-state index is 12.2. The van der Waals surface area contributed by atoms with Crippen LogP contribution >= 0.6 is 0 Å². The maximum Gasteiger partial charge on any atom is 0.331 e. The van der Waals surface area contributed by atoms with Crippen LogP contribution in [0.5, 0.6) is 0 Å². The SMILES string of the molecule is CC(=O)c1cccc(NC(=O)[C@@H](C)OC(=O)/C=C/c2ccccc2C)c1. The predicted molar refractivity (Wildman–Crippen MR) is 101 cm³/mol. The summed E-state index contributed by atoms with van der Waals surface area (Å²) in [6.45, 7) is 4.88. The van der Waals surface area contributed by atoms with Gasteiger partial charge in [-0.05, 0) is 50.1 Å². The van der Waals surface area contributed by atoms with Crippen LogP contribution in [0.15, 0.2) is 54.6 Å². The van der Waals surface area contributed by atoms with Crippen LogP contribution in [0.1, 0.15) is 35.3 Å². The number of amides is 1. The number of hydrogen-bond donors (Lipinski definition) is 1. The van der Waals surface area contributed by atoms with Gasteiger partial charge < -0.3 is 10.1 Å². The Balaban J connectivity index is 1.94. The number of Topliss-reactive ketones (excluding diaryl/α,β-unsaturated/α-hetero) is 1. The first kappa shape index (κ1) is 19.1. The first-order valence-electron chi connectivity index (χ1n) is 8.23. The molecule has 0 fully saturated rings. The molecule has 0 saturated carbocycles. The van der Waals surface area contributed by atoms with E-state index in [1.807, 2.05) is 31.2 Å². The Kier molecular flexibility index (Phi) is 6.44. The highest BCUT2D eigenvalue weighted by atomic mass is 16.5. The number of benzene rings is 2. The number of rotatable bonds is 6. The second-order valence-electron chi connectivity index (χ2n) is 5.90. The van der Waals surface area contributed by atoms with Crippen molar-refractivity contribution in [3.63, 3.8) is 0 Å². The van der Waals surface area contributed by atoms with Gasteiger partial charge in [-0.3, -0.25) is 9.59 Å². The number of esters is 1. The van der Waals surface area contributed by atoms with Gasteiger partial charge in [-0.1, -0.05) is 36.4 Å². The quantitative estimate of drug-likeness (QED) is 0.488. The van der Waals surface area contributed by atoms with Crippen LogP contribution in [-0.2, 0) is 14.3 Å². The lowest BCUT2D eigenvalue weighted by atomic mass is 10.1. The maximum atomic E-state index is 12.2. The lowest BCUT2D eigenvalue weighted by Gasteiger charge is -2.12. The fourth-order valence-corrected chi connectivity index (χ4v) is 2.26. The minimum Gasteiger partial charge on any atom is -0.449 e. The third kappa shape index (κ3) is 5.41. The van der Waals surface area contributed by atoms with Gasteiger partial charge in [0, 0.05) is 17.3 Å². The van der Waals surface area contributed by atoms with E-state index in [1.54, 1.807) is 30.3 Å². The number of anilines is 1. The smallest absolute Gasteiger partial charge is 0.331 e. The average molecular weight is 351 g/mol. The van der Waals surface area contributed by atoms with E-state index in [9.17, 15) is 14.4 Å². The summed E-state index contributed by atoms with van der Waals surface area (Å²) in [4.78, 5) is 35.5. The van der Waals surface area contributed by atoms with Crippen molar-refractivity contribution in [1.82, 2.24) is 0 Å². The van der Waals surface area contributed by atoms with Crippen molar-refractivity contribution in [3.8, 4) is 0 Å². The zero-order valence-corrected chi connectivity index (χ0v) is 15.0. The molecule has 0 aliphatic carbocycles. The zero-order chi connectivity index (χ0) is 19.1. The molecule has 134 valence electrons. The van der Waals surface area contributed by atoms with Crippen LogP contribution in [-0.4, -0.2) is 23.8 Å². The number of ketones is 1. The summed E-state index contributed by atoms with van der Waals surface area (Å²) in [6.07, 6.45) is 1.98. The average Bonchev–Trinajstić information content (AvgIpc) is 2.61. The second kappa shape index (κ2) is 8.76. The Morgan fingerprint density at radius 2 is 1.81 bits per heavy atom. The van der Waals surface area contributed by atoms with Crippen molar-refractivity contribution in [1.29, 1.82) is 0 Å². The topological polar surface area (TPSA) is 72.5 Å². The summed E-state index contributed by atoms with van der Waals surface area (Å²) in [6, 6.07) is 14.2. The fourth-order valence-electron chi connectivity index (χ4n) is 2.26. The number of nitrogens with one attached hydrogen (secondary N) is 1. The first-order chi connectivity index (χ1) is 12.4. The number of ether oxygens (including phenoxy) is 1. The van der Waals surface area contributed by atoms with E-state index in [1.165, 1.54) is 19.9 Å². The molecule has 2 aromatic carbocycles. The summed E-state index contributed by atoms with van der Waals surface area (Å²) < 4.78 is 5.12. The number of aryl methyl sites for hydroxylation is 1. The summed E-state index contributed by atoms with van der Waals surface area (Å²) in [5.41, 5.74) is 2.91. The first-order valence-corrected chi connectivity index (χ1v) is 8.23. The molecule has 0 saturated heterocycles. The number of carbonyl (C=O) groups is 3. The van der Waals surface area contributed by atoms with Crippen molar-refractivity contribution in [2.24, 2.45) is 0 Å². The van der Waals surface area contributed by atoms with Gasteiger partial charge in [0.05, 0.1) is 0 Å². The molecule has 0 spiro atoms. The van der Waals surface area contributed by atoms with E-state index < -0.39 is 18.0 Å². The molecule has 0 radical (unpaired) electrons. The van der Waals surface area contributed by atoms with E-state index in [0.717, 1.165) is 11.1 Å². The van der Waals surface area contributed by atoms with Gasteiger partial charge in [-0.25, -0.2) is 4.79 Å². The highest BCUT2D eigenvalue weighted by Gasteiger charge is 2.17. The molecule has 1 amide bonds. The van der Waals surface area contributed by atoms with Gasteiger partial charge in [0.1, 0.15) is 0 Å². The molecule has 0 bridgehead atoms. The van der Waals surface area contributed by atoms with Crippen LogP contribution in [0, 0.1) is 6.92 Å². The zero-order valence-electron chi connectivity index (χ0n) is 15.0. The van der Waals surface area contributed by atoms with Crippen LogP contribution in [0.25, 0.3) is 6.08 Å². The van der Waals surface area contributed by atoms with Crippen molar-refractivity contribution in [2.75, 3.05) is 5.32 Å². The molecule has 26 heavy (non-hydrogen) atoms. The normalized spacial score (nSPS) is 11.8. The van der Waals surface area contributed by atoms with Crippen molar-refractivity contribution in [3.05, 3.63) is 71.3 Å². The van der Waals surface area contributed by atoms with Gasteiger partial charge >= 0.3 is 5.97 Å². The molecule has 5 heteroatoms. The predicted octanol–water partition coefficient (Wildman–Crippen LogP) is 3.78. The van der Waals surface area contributed by atoms with Crippen LogP contribution in [0.3, 0.4) is 0 Å². The molecule has 0 heterocycles. The number of carbonyl (C=O) groups excluding carboxylic acids is 3. The van der Waals surface area contributed by atoms with Crippen LogP contribution < -0.4 is 5.32 Å². The van der Waals surface area contributed by atoms with E-state index >= 15 is 0 Å². The van der Waals surface area contributed by atoms with Crippen molar-refractivity contribution < 1.29 is 19.1 Å². The minimum absolute atomic E-state index is 0.0954. The summed E-state index contributed by atoms with van der Waals surface area (Å²) in [5, 5.41) is 2.63. The van der Waals surface area contributed by atoms with Gasteiger partial charge in [0.15, 0.2) is 11.9 Å². The fraction of sp³-hybridized carbons (Fsp3) is 0.190. The minimum atomic E-state index is -0.968. The van der Waals surface area contributed by atoms with E-state index in [-0.39, 0.29) is 5.78 Å². The Morgan fingerprint density at radius 3 is 2.50 bits per heavy atom. The monoisotopic (exact) mass is 351 g/mol. The lowest BCUT2D eigenvalue weighted by Crippen LogP contribution is -2.29. The Hall–Kier alpha value is -3.21. The molecule has 2 rings (SSSR count). The molecular weight excluding hydrogens is 330 g/mol. The van der Waals surface area contributed by atoms with E-state index in [4.69, 9.17) is 4.74 Å². The molecule has 0 unspecified atom stereocenters. The van der Waals surface area contributed by atoms with E-state index in [2.05, 4.69) is 5.32 Å². The van der Waals surface area contributed by atoms with Crippen LogP contribution in [0.4, 0.5) is 5.69 Å². The lowest BCUT2D eigenvalue weighted by molar-refractivity contribution is -0.148. The molecule has 0 aliphatic rings. The molecule has 1 atom stereocenters. The molecular formula is C21H21NO4. The standard InChI is InChI=1S/C21H21NO4/c1-14-7-4-5-8-17(14)11-12-20(24)26-16(3)21(25)22-19-10-6-9-18(13-19)15(2)23/h4-13,16H,1-3H3,(H,22,25)/b12-11+/t16-/m1/s1. The molecule has 1 N–H and O–H groups in total. The van der Waals surface area contributed by atoms with Gasteiger partial charge in [-0.15, -0.1) is 0 Å². The summed E-state index contributed by atoms with van der Waals surface area (Å²) in [7, 11) is 0. The van der Waals surface area contributed by atoms with Gasteiger partial charge in [-0.2, -0.15) is 0 Å². The van der Waals surface area contributed by atoms with Gasteiger partial charge in [0.2, 0.25) is 0 Å². The largest absolute Gasteiger partial charge is 0.449 e. The molecule has 0 aliphatic heterocycles. The second-order valence-corrected chi connectivity index (χ2v) is 5.90. The third-order valence-electron chi connectivity index (χ3n) is 3.79. The number of hydrogen-bond acceptors (Lipinski definition) is 4. The molecule has 5 nitrogen and oxygen atoms in total. The molecule has 0 aromatic heterocycles. The van der Waals surface area contributed by atoms with E-state index in [0.29, 0.717) is 11.3 Å².